The molecule has 4 aromatic rings. The van der Waals surface area contributed by atoms with Crippen LogP contribution >= 0.6 is 11.3 Å². The van der Waals surface area contributed by atoms with Crippen LogP contribution in [-0.2, 0) is 0 Å². The minimum Gasteiger partial charge on any atom is -0.490 e. The Hall–Kier alpha value is -3.72. The summed E-state index contributed by atoms with van der Waals surface area (Å²) < 4.78 is 17.7. The highest BCUT2D eigenvalue weighted by atomic mass is 32.1. The molecule has 0 bridgehead atoms. The number of nitrogens with zero attached hydrogens (tertiary/aromatic N) is 3. The number of benzene rings is 2. The highest BCUT2D eigenvalue weighted by Crippen LogP contribution is 2.43. The van der Waals surface area contributed by atoms with Crippen molar-refractivity contribution in [2.45, 2.75) is 32.7 Å². The fourth-order valence-electron chi connectivity index (χ4n) is 4.11. The number of carbonyl (C=O) groups excluding carboxylic acids is 1. The van der Waals surface area contributed by atoms with E-state index in [0.29, 0.717) is 46.4 Å². The molecule has 0 unspecified atom stereocenters. The molecule has 8 nitrogen and oxygen atoms in total. The van der Waals surface area contributed by atoms with Crippen LogP contribution in [0.2, 0.25) is 0 Å². The molecule has 3 heterocycles. The van der Waals surface area contributed by atoms with E-state index in [1.807, 2.05) is 25.1 Å². The van der Waals surface area contributed by atoms with Gasteiger partial charge < -0.3 is 13.9 Å². The van der Waals surface area contributed by atoms with Gasteiger partial charge >= 0.3 is 0 Å². The molecule has 1 amide bonds. The van der Waals surface area contributed by atoms with E-state index in [9.17, 15) is 9.59 Å². The number of ether oxygens (including phenoxy) is 2. The second kappa shape index (κ2) is 9.26. The predicted octanol–water partition coefficient (Wildman–Crippen LogP) is 4.97. The number of hydrogen-bond donors (Lipinski definition) is 0. The average Bonchev–Trinajstić information content (AvgIpc) is 3.47. The van der Waals surface area contributed by atoms with Gasteiger partial charge in [0.25, 0.3) is 5.91 Å². The van der Waals surface area contributed by atoms with Gasteiger partial charge in [0.15, 0.2) is 16.9 Å². The molecule has 0 spiro atoms. The van der Waals surface area contributed by atoms with Crippen LogP contribution < -0.4 is 19.8 Å². The van der Waals surface area contributed by atoms with Crippen LogP contribution in [0.4, 0.5) is 5.13 Å². The first-order chi connectivity index (χ1) is 16.6. The molecule has 0 saturated heterocycles. The summed E-state index contributed by atoms with van der Waals surface area (Å²) in [6, 6.07) is 11.7. The first-order valence-electron chi connectivity index (χ1n) is 11.2. The lowest BCUT2D eigenvalue weighted by atomic mass is 9.98. The topological polar surface area (TPSA) is 94.8 Å². The number of anilines is 1. The van der Waals surface area contributed by atoms with Crippen molar-refractivity contribution in [1.29, 1.82) is 0 Å². The molecule has 0 N–H and O–H groups in total. The Morgan fingerprint density at radius 1 is 1.09 bits per heavy atom. The predicted molar refractivity (Wildman–Crippen MR) is 129 cm³/mol. The highest BCUT2D eigenvalue weighted by Gasteiger charge is 2.45. The molecular formula is C25H23N3O5S. The summed E-state index contributed by atoms with van der Waals surface area (Å²) in [5.41, 5.74) is 2.64. The molecule has 2 aromatic carbocycles. The number of rotatable bonds is 8. The van der Waals surface area contributed by atoms with Crippen molar-refractivity contribution in [3.63, 3.8) is 0 Å². The second-order valence-electron chi connectivity index (χ2n) is 7.81. The number of fused-ring (bicyclic) bond motifs is 2. The van der Waals surface area contributed by atoms with Crippen molar-refractivity contribution in [3.8, 4) is 11.5 Å². The van der Waals surface area contributed by atoms with Gasteiger partial charge in [-0.1, -0.05) is 42.9 Å². The van der Waals surface area contributed by atoms with Crippen LogP contribution in [-0.4, -0.2) is 29.3 Å². The van der Waals surface area contributed by atoms with Gasteiger partial charge in [-0.25, -0.2) is 0 Å². The van der Waals surface area contributed by atoms with Gasteiger partial charge in [0, 0.05) is 0 Å². The van der Waals surface area contributed by atoms with E-state index in [4.69, 9.17) is 13.9 Å². The van der Waals surface area contributed by atoms with Gasteiger partial charge in [0.05, 0.1) is 30.2 Å². The average molecular weight is 478 g/mol. The Morgan fingerprint density at radius 3 is 2.71 bits per heavy atom. The smallest absolute Gasteiger partial charge is 0.297 e. The first kappa shape index (κ1) is 22.1. The lowest BCUT2D eigenvalue weighted by Crippen LogP contribution is -2.29. The minimum atomic E-state index is -0.736. The van der Waals surface area contributed by atoms with Crippen LogP contribution in [0.1, 0.15) is 54.4 Å². The van der Waals surface area contributed by atoms with Crippen molar-refractivity contribution in [2.24, 2.45) is 0 Å². The molecule has 0 aliphatic carbocycles. The third-order valence-electron chi connectivity index (χ3n) is 5.67. The molecule has 1 atom stereocenters. The highest BCUT2D eigenvalue weighted by molar-refractivity contribution is 7.13. The van der Waals surface area contributed by atoms with Crippen molar-refractivity contribution >= 4 is 33.3 Å². The summed E-state index contributed by atoms with van der Waals surface area (Å²) in [7, 11) is 0. The second-order valence-corrected chi connectivity index (χ2v) is 8.62. The molecule has 9 heteroatoms. The van der Waals surface area contributed by atoms with Gasteiger partial charge in [-0.05, 0) is 43.2 Å². The van der Waals surface area contributed by atoms with E-state index in [1.165, 1.54) is 16.2 Å². The van der Waals surface area contributed by atoms with Crippen LogP contribution in [0.15, 0.2) is 57.2 Å². The zero-order chi connectivity index (χ0) is 23.7. The zero-order valence-electron chi connectivity index (χ0n) is 18.8. The van der Waals surface area contributed by atoms with E-state index in [2.05, 4.69) is 17.1 Å². The maximum Gasteiger partial charge on any atom is 0.297 e. The van der Waals surface area contributed by atoms with E-state index in [-0.39, 0.29) is 16.8 Å². The van der Waals surface area contributed by atoms with Crippen LogP contribution in [0.3, 0.4) is 0 Å². The molecule has 0 radical (unpaired) electrons. The fourth-order valence-corrected chi connectivity index (χ4v) is 4.70. The third-order valence-corrected chi connectivity index (χ3v) is 6.36. The van der Waals surface area contributed by atoms with E-state index in [1.54, 1.807) is 29.8 Å². The number of carbonyl (C=O) groups is 1. The number of hydrogen-bond acceptors (Lipinski definition) is 8. The van der Waals surface area contributed by atoms with Crippen molar-refractivity contribution in [1.82, 2.24) is 10.2 Å². The fraction of sp³-hybridized carbons (Fsp3) is 0.280. The van der Waals surface area contributed by atoms with Crippen LogP contribution in [0.25, 0.3) is 11.0 Å². The third kappa shape index (κ3) is 3.71. The van der Waals surface area contributed by atoms with E-state index in [0.717, 1.165) is 12.8 Å². The molecule has 0 fully saturated rings. The van der Waals surface area contributed by atoms with Gasteiger partial charge in [0.2, 0.25) is 10.9 Å². The number of amides is 1. The van der Waals surface area contributed by atoms with E-state index < -0.39 is 11.9 Å². The maximum atomic E-state index is 13.6. The number of aromatic nitrogens is 2. The molecule has 1 aliphatic rings. The molecule has 0 saturated carbocycles. The lowest BCUT2D eigenvalue weighted by Gasteiger charge is -2.23. The van der Waals surface area contributed by atoms with Gasteiger partial charge in [-0.15, -0.1) is 10.2 Å². The Bertz CT molecular complexity index is 1400. The SMILES string of the molecule is CCCCOc1ccc([C@@H]2c3c(oc4ccccc4c3=O)C(=O)N2c2nncs2)cc1OCC. The quantitative estimate of drug-likeness (QED) is 0.331. The summed E-state index contributed by atoms with van der Waals surface area (Å²) >= 11 is 1.22. The van der Waals surface area contributed by atoms with Crippen molar-refractivity contribution < 1.29 is 18.7 Å². The summed E-state index contributed by atoms with van der Waals surface area (Å²) in [6.07, 6.45) is 1.94. The van der Waals surface area contributed by atoms with Gasteiger partial charge in [0.1, 0.15) is 11.1 Å². The Kier molecular flexibility index (Phi) is 6.02. The molecule has 5 rings (SSSR count). The Balaban J connectivity index is 1.69. The standard InChI is InChI=1S/C25H23N3O5S/c1-3-5-12-32-18-11-10-15(13-19(18)31-4-2)21-20-22(29)16-8-6-7-9-17(16)33-23(20)24(30)28(21)25-27-26-14-34-25/h6-11,13-14,21H,3-5,12H2,1-2H3/t21-/m1/s1. The number of unbranched alkanes of at least 4 members (excludes halogenated alkanes) is 1. The molecule has 2 aromatic heterocycles. The van der Waals surface area contributed by atoms with Crippen molar-refractivity contribution in [2.75, 3.05) is 18.1 Å². The summed E-state index contributed by atoms with van der Waals surface area (Å²) in [4.78, 5) is 28.6. The lowest BCUT2D eigenvalue weighted by molar-refractivity contribution is 0.0970. The molecule has 1 aliphatic heterocycles. The summed E-state index contributed by atoms with van der Waals surface area (Å²) in [5.74, 6) is 0.766. The van der Waals surface area contributed by atoms with Crippen LogP contribution in [0.5, 0.6) is 11.5 Å². The largest absolute Gasteiger partial charge is 0.490 e. The summed E-state index contributed by atoms with van der Waals surface area (Å²) in [5, 5.41) is 8.80. The monoisotopic (exact) mass is 477 g/mol. The van der Waals surface area contributed by atoms with Crippen LogP contribution in [0, 0.1) is 0 Å². The minimum absolute atomic E-state index is 0.0186. The van der Waals surface area contributed by atoms with Gasteiger partial charge in [-0.3, -0.25) is 14.5 Å². The Morgan fingerprint density at radius 2 is 1.94 bits per heavy atom. The zero-order valence-corrected chi connectivity index (χ0v) is 19.6. The van der Waals surface area contributed by atoms with Crippen molar-refractivity contribution in [3.05, 3.63) is 75.1 Å². The normalized spacial score (nSPS) is 15.1. The maximum absolute atomic E-state index is 13.6. The summed E-state index contributed by atoms with van der Waals surface area (Å²) in [6.45, 7) is 5.01. The van der Waals surface area contributed by atoms with Gasteiger partial charge in [-0.2, -0.15) is 0 Å². The molecule has 34 heavy (non-hydrogen) atoms. The molecule has 174 valence electrons. The molecular weight excluding hydrogens is 454 g/mol. The number of para-hydroxylation sites is 1. The first-order valence-corrected chi connectivity index (χ1v) is 12.1. The van der Waals surface area contributed by atoms with E-state index >= 15 is 0 Å². The Labute approximate surface area is 199 Å².